The van der Waals surface area contributed by atoms with Gasteiger partial charge in [0.15, 0.2) is 0 Å². The number of anilines is 2. The Kier molecular flexibility index (Phi) is 4.79. The minimum atomic E-state index is -0.484. The predicted octanol–water partition coefficient (Wildman–Crippen LogP) is 1.83. The van der Waals surface area contributed by atoms with Crippen LogP contribution in [0.15, 0.2) is 18.2 Å². The second-order valence-corrected chi connectivity index (χ2v) is 4.63. The molecule has 1 fully saturated rings. The summed E-state index contributed by atoms with van der Waals surface area (Å²) in [6, 6.07) is 4.82. The van der Waals surface area contributed by atoms with E-state index in [9.17, 15) is 9.18 Å². The first-order chi connectivity index (χ1) is 9.63. The fraction of sp³-hybridized carbons (Fsp3) is 0.500. The summed E-state index contributed by atoms with van der Waals surface area (Å²) in [6.07, 6.45) is -0.484. The Hall–Kier alpha value is -1.82. The van der Waals surface area contributed by atoms with Crippen molar-refractivity contribution in [3.8, 4) is 0 Å². The highest BCUT2D eigenvalue weighted by molar-refractivity contribution is 5.87. The van der Waals surface area contributed by atoms with Crippen molar-refractivity contribution in [2.75, 3.05) is 49.6 Å². The van der Waals surface area contributed by atoms with Gasteiger partial charge in [-0.05, 0) is 25.1 Å². The van der Waals surface area contributed by atoms with Crippen LogP contribution in [0.4, 0.5) is 20.6 Å². The Labute approximate surface area is 118 Å². The molecule has 0 bridgehead atoms. The van der Waals surface area contributed by atoms with E-state index in [4.69, 9.17) is 4.74 Å². The number of nitrogens with one attached hydrogen (secondary N) is 1. The van der Waals surface area contributed by atoms with E-state index in [1.807, 2.05) is 4.90 Å². The molecular formula is C14H20FN3O2. The van der Waals surface area contributed by atoms with Crippen molar-refractivity contribution in [3.63, 3.8) is 0 Å². The van der Waals surface area contributed by atoms with Gasteiger partial charge in [-0.3, -0.25) is 4.90 Å². The van der Waals surface area contributed by atoms with Crippen LogP contribution in [0.2, 0.25) is 0 Å². The molecule has 0 atom stereocenters. The zero-order chi connectivity index (χ0) is 14.5. The standard InChI is InChI=1S/C14H20FN3O2/c1-3-20-14(19)17(2)11-4-5-13(12(15)10-11)18-8-6-16-7-9-18/h4-5,10,16H,3,6-9H2,1-2H3. The Morgan fingerprint density at radius 1 is 1.45 bits per heavy atom. The molecule has 1 aromatic rings. The lowest BCUT2D eigenvalue weighted by atomic mass is 10.2. The summed E-state index contributed by atoms with van der Waals surface area (Å²) < 4.78 is 19.1. The van der Waals surface area contributed by atoms with E-state index in [1.165, 1.54) is 11.0 Å². The summed E-state index contributed by atoms with van der Waals surface area (Å²) in [5.41, 5.74) is 1.06. The highest BCUT2D eigenvalue weighted by Crippen LogP contribution is 2.25. The summed E-state index contributed by atoms with van der Waals surface area (Å²) in [6.45, 7) is 5.30. The first kappa shape index (κ1) is 14.6. The van der Waals surface area contributed by atoms with Gasteiger partial charge < -0.3 is 15.0 Å². The van der Waals surface area contributed by atoms with E-state index >= 15 is 0 Å². The zero-order valence-electron chi connectivity index (χ0n) is 11.9. The van der Waals surface area contributed by atoms with E-state index < -0.39 is 6.09 Å². The number of benzene rings is 1. The number of rotatable bonds is 3. The number of hydrogen-bond acceptors (Lipinski definition) is 4. The molecule has 1 saturated heterocycles. The van der Waals surface area contributed by atoms with Gasteiger partial charge >= 0.3 is 6.09 Å². The molecule has 0 saturated carbocycles. The maximum absolute atomic E-state index is 14.2. The Balaban J connectivity index is 2.14. The minimum Gasteiger partial charge on any atom is -0.449 e. The van der Waals surface area contributed by atoms with E-state index in [-0.39, 0.29) is 5.82 Å². The van der Waals surface area contributed by atoms with Gasteiger partial charge in [-0.2, -0.15) is 0 Å². The lowest BCUT2D eigenvalue weighted by Gasteiger charge is -2.30. The number of nitrogens with zero attached hydrogens (tertiary/aromatic N) is 2. The average Bonchev–Trinajstić information content (AvgIpc) is 2.47. The highest BCUT2D eigenvalue weighted by Gasteiger charge is 2.17. The molecule has 0 aromatic heterocycles. The summed E-state index contributed by atoms with van der Waals surface area (Å²) in [4.78, 5) is 14.9. The van der Waals surface area contributed by atoms with Crippen molar-refractivity contribution in [1.29, 1.82) is 0 Å². The second-order valence-electron chi connectivity index (χ2n) is 4.63. The molecule has 1 heterocycles. The molecule has 6 heteroatoms. The zero-order valence-corrected chi connectivity index (χ0v) is 11.9. The van der Waals surface area contributed by atoms with Crippen LogP contribution in [-0.2, 0) is 4.74 Å². The number of ether oxygens (including phenoxy) is 1. The molecule has 1 aromatic carbocycles. The van der Waals surface area contributed by atoms with E-state index in [2.05, 4.69) is 5.32 Å². The molecule has 110 valence electrons. The van der Waals surface area contributed by atoms with Crippen molar-refractivity contribution in [1.82, 2.24) is 5.32 Å². The number of carbonyl (C=O) groups is 1. The molecule has 0 spiro atoms. The van der Waals surface area contributed by atoms with E-state index in [0.717, 1.165) is 26.2 Å². The molecule has 1 aliphatic rings. The first-order valence-corrected chi connectivity index (χ1v) is 6.79. The van der Waals surface area contributed by atoms with Crippen molar-refractivity contribution >= 4 is 17.5 Å². The number of hydrogen-bond donors (Lipinski definition) is 1. The Morgan fingerprint density at radius 2 is 2.15 bits per heavy atom. The first-order valence-electron chi connectivity index (χ1n) is 6.79. The van der Waals surface area contributed by atoms with E-state index in [0.29, 0.717) is 18.0 Å². The smallest absolute Gasteiger partial charge is 0.413 e. The quantitative estimate of drug-likeness (QED) is 0.918. The summed E-state index contributed by atoms with van der Waals surface area (Å²) in [5, 5.41) is 3.23. The molecular weight excluding hydrogens is 261 g/mol. The van der Waals surface area contributed by atoms with Crippen molar-refractivity contribution in [2.24, 2.45) is 0 Å². The molecule has 2 rings (SSSR count). The van der Waals surface area contributed by atoms with Crippen molar-refractivity contribution in [3.05, 3.63) is 24.0 Å². The van der Waals surface area contributed by atoms with Crippen LogP contribution >= 0.6 is 0 Å². The number of piperazine rings is 1. The SMILES string of the molecule is CCOC(=O)N(C)c1ccc(N2CCNCC2)c(F)c1. The molecule has 5 nitrogen and oxygen atoms in total. The molecule has 1 amide bonds. The Morgan fingerprint density at radius 3 is 2.75 bits per heavy atom. The van der Waals surface area contributed by atoms with Crippen LogP contribution in [0.3, 0.4) is 0 Å². The molecule has 0 aliphatic carbocycles. The third-order valence-electron chi connectivity index (χ3n) is 3.32. The molecule has 0 radical (unpaired) electrons. The average molecular weight is 281 g/mol. The van der Waals surface area contributed by atoms with Gasteiger partial charge in [-0.1, -0.05) is 0 Å². The number of amides is 1. The van der Waals surface area contributed by atoms with Crippen molar-refractivity contribution in [2.45, 2.75) is 6.92 Å². The van der Waals surface area contributed by atoms with Crippen LogP contribution in [0.25, 0.3) is 0 Å². The van der Waals surface area contributed by atoms with Gasteiger partial charge in [0.1, 0.15) is 5.82 Å². The lowest BCUT2D eigenvalue weighted by molar-refractivity contribution is 0.161. The van der Waals surface area contributed by atoms with Crippen LogP contribution in [-0.4, -0.2) is 45.9 Å². The van der Waals surface area contributed by atoms with Gasteiger partial charge in [0.05, 0.1) is 12.3 Å². The molecule has 1 aliphatic heterocycles. The summed E-state index contributed by atoms with van der Waals surface area (Å²) in [5.74, 6) is -0.319. The van der Waals surface area contributed by atoms with Gasteiger partial charge in [-0.25, -0.2) is 9.18 Å². The van der Waals surface area contributed by atoms with Gasteiger partial charge in [-0.15, -0.1) is 0 Å². The minimum absolute atomic E-state index is 0.296. The summed E-state index contributed by atoms with van der Waals surface area (Å²) >= 11 is 0. The molecule has 20 heavy (non-hydrogen) atoms. The molecule has 0 unspecified atom stereocenters. The maximum Gasteiger partial charge on any atom is 0.413 e. The number of halogens is 1. The highest BCUT2D eigenvalue weighted by atomic mass is 19.1. The molecule has 1 N–H and O–H groups in total. The monoisotopic (exact) mass is 281 g/mol. The fourth-order valence-corrected chi connectivity index (χ4v) is 2.19. The van der Waals surface area contributed by atoms with Crippen LogP contribution in [0, 0.1) is 5.82 Å². The second kappa shape index (κ2) is 6.56. The maximum atomic E-state index is 14.2. The topological polar surface area (TPSA) is 44.8 Å². The summed E-state index contributed by atoms with van der Waals surface area (Å²) in [7, 11) is 1.57. The largest absolute Gasteiger partial charge is 0.449 e. The third-order valence-corrected chi connectivity index (χ3v) is 3.32. The number of carbonyl (C=O) groups excluding carboxylic acids is 1. The van der Waals surface area contributed by atoms with Gasteiger partial charge in [0, 0.05) is 38.9 Å². The third kappa shape index (κ3) is 3.19. The normalized spacial score (nSPS) is 15.1. The van der Waals surface area contributed by atoms with Crippen LogP contribution in [0.5, 0.6) is 0 Å². The van der Waals surface area contributed by atoms with Crippen LogP contribution < -0.4 is 15.1 Å². The van der Waals surface area contributed by atoms with E-state index in [1.54, 1.807) is 26.1 Å². The fourth-order valence-electron chi connectivity index (χ4n) is 2.19. The lowest BCUT2D eigenvalue weighted by Crippen LogP contribution is -2.43. The van der Waals surface area contributed by atoms with Gasteiger partial charge in [0.2, 0.25) is 0 Å². The predicted molar refractivity (Wildman–Crippen MR) is 76.9 cm³/mol. The van der Waals surface area contributed by atoms with Crippen molar-refractivity contribution < 1.29 is 13.9 Å². The van der Waals surface area contributed by atoms with Crippen LogP contribution in [0.1, 0.15) is 6.92 Å². The Bertz CT molecular complexity index is 475. The van der Waals surface area contributed by atoms with Gasteiger partial charge in [0.25, 0.3) is 0 Å².